The zero-order chi connectivity index (χ0) is 17.3. The molecular formula is C18H18ClN3O2. The Morgan fingerprint density at radius 2 is 1.75 bits per heavy atom. The molecule has 0 unspecified atom stereocenters. The number of carbonyl (C=O) groups is 2. The number of anilines is 3. The van der Waals surface area contributed by atoms with Gasteiger partial charge in [-0.3, -0.25) is 9.59 Å². The fourth-order valence-electron chi connectivity index (χ4n) is 2.69. The number of halogens is 1. The van der Waals surface area contributed by atoms with Crippen LogP contribution in [0, 0.1) is 0 Å². The Hall–Kier alpha value is -2.53. The Morgan fingerprint density at radius 3 is 2.38 bits per heavy atom. The van der Waals surface area contributed by atoms with Gasteiger partial charge in [0.2, 0.25) is 5.91 Å². The van der Waals surface area contributed by atoms with E-state index in [1.54, 1.807) is 24.3 Å². The molecule has 124 valence electrons. The summed E-state index contributed by atoms with van der Waals surface area (Å²) in [6.45, 7) is 0. The standard InChI is InChI=1S/C18H18ClN3O2/c1-21(2)13-9-7-12(8-10-13)20-15-11-17(23)22(18(15)24)16-6-4-3-5-14(16)19/h3-10,15,20H,11H2,1-2H3/t15-/m1/s1. The smallest absolute Gasteiger partial charge is 0.256 e. The molecule has 24 heavy (non-hydrogen) atoms. The third-order valence-corrected chi connectivity index (χ3v) is 4.28. The third-order valence-electron chi connectivity index (χ3n) is 3.96. The average molecular weight is 344 g/mol. The number of rotatable bonds is 4. The van der Waals surface area contributed by atoms with Crippen LogP contribution in [0.25, 0.3) is 0 Å². The molecule has 6 heteroatoms. The molecule has 1 heterocycles. The molecule has 1 fully saturated rings. The van der Waals surface area contributed by atoms with Crippen LogP contribution >= 0.6 is 11.6 Å². The molecule has 0 aliphatic carbocycles. The van der Waals surface area contributed by atoms with Crippen molar-refractivity contribution < 1.29 is 9.59 Å². The van der Waals surface area contributed by atoms with Gasteiger partial charge in [-0.15, -0.1) is 0 Å². The van der Waals surface area contributed by atoms with Crippen LogP contribution in [0.1, 0.15) is 6.42 Å². The molecule has 0 spiro atoms. The monoisotopic (exact) mass is 343 g/mol. The van der Waals surface area contributed by atoms with Crippen LogP contribution in [-0.4, -0.2) is 32.0 Å². The van der Waals surface area contributed by atoms with E-state index in [0.29, 0.717) is 10.7 Å². The average Bonchev–Trinajstić information content (AvgIpc) is 2.83. The maximum absolute atomic E-state index is 12.6. The fourth-order valence-corrected chi connectivity index (χ4v) is 2.91. The minimum Gasteiger partial charge on any atom is -0.378 e. The van der Waals surface area contributed by atoms with Gasteiger partial charge in [-0.2, -0.15) is 0 Å². The van der Waals surface area contributed by atoms with E-state index in [-0.39, 0.29) is 18.2 Å². The molecule has 0 aromatic heterocycles. The molecular weight excluding hydrogens is 326 g/mol. The number of amides is 2. The Morgan fingerprint density at radius 1 is 1.08 bits per heavy atom. The fraction of sp³-hybridized carbons (Fsp3) is 0.222. The number of benzene rings is 2. The molecule has 1 aliphatic rings. The van der Waals surface area contributed by atoms with Crippen molar-refractivity contribution in [2.45, 2.75) is 12.5 Å². The van der Waals surface area contributed by atoms with Gasteiger partial charge in [-0.05, 0) is 36.4 Å². The van der Waals surface area contributed by atoms with Crippen LogP contribution in [0.3, 0.4) is 0 Å². The van der Waals surface area contributed by atoms with Crippen molar-refractivity contribution in [2.75, 3.05) is 29.2 Å². The summed E-state index contributed by atoms with van der Waals surface area (Å²) in [5.74, 6) is -0.541. The summed E-state index contributed by atoms with van der Waals surface area (Å²) >= 11 is 6.12. The summed E-state index contributed by atoms with van der Waals surface area (Å²) in [6.07, 6.45) is 0.111. The Bertz CT molecular complexity index is 774. The highest BCUT2D eigenvalue weighted by molar-refractivity contribution is 6.36. The number of carbonyl (C=O) groups excluding carboxylic acids is 2. The highest BCUT2D eigenvalue weighted by Gasteiger charge is 2.40. The molecule has 0 bridgehead atoms. The quantitative estimate of drug-likeness (QED) is 0.866. The van der Waals surface area contributed by atoms with Gasteiger partial charge >= 0.3 is 0 Å². The topological polar surface area (TPSA) is 52.7 Å². The maximum atomic E-state index is 12.6. The van der Waals surface area contributed by atoms with E-state index in [1.165, 1.54) is 0 Å². The maximum Gasteiger partial charge on any atom is 0.256 e. The summed E-state index contributed by atoms with van der Waals surface area (Å²) in [6, 6.07) is 14.0. The van der Waals surface area contributed by atoms with E-state index in [9.17, 15) is 9.59 Å². The Kier molecular flexibility index (Phi) is 4.44. The van der Waals surface area contributed by atoms with E-state index in [1.807, 2.05) is 43.3 Å². The lowest BCUT2D eigenvalue weighted by Gasteiger charge is -2.18. The zero-order valence-electron chi connectivity index (χ0n) is 13.5. The van der Waals surface area contributed by atoms with Gasteiger partial charge in [-0.25, -0.2) is 4.90 Å². The van der Waals surface area contributed by atoms with Crippen molar-refractivity contribution in [2.24, 2.45) is 0 Å². The van der Waals surface area contributed by atoms with Crippen molar-refractivity contribution in [3.05, 3.63) is 53.6 Å². The molecule has 1 aliphatic heterocycles. The van der Waals surface area contributed by atoms with E-state index < -0.39 is 6.04 Å². The van der Waals surface area contributed by atoms with Gasteiger partial charge < -0.3 is 10.2 Å². The number of hydrogen-bond acceptors (Lipinski definition) is 4. The van der Waals surface area contributed by atoms with Crippen LogP contribution < -0.4 is 15.1 Å². The SMILES string of the molecule is CN(C)c1ccc(N[C@@H]2CC(=O)N(c3ccccc3Cl)C2=O)cc1. The Labute approximate surface area is 145 Å². The van der Waals surface area contributed by atoms with Gasteiger partial charge in [0.25, 0.3) is 5.91 Å². The lowest BCUT2D eigenvalue weighted by Crippen LogP contribution is -2.35. The number of nitrogens with zero attached hydrogens (tertiary/aromatic N) is 2. The van der Waals surface area contributed by atoms with Crippen molar-refractivity contribution in [1.29, 1.82) is 0 Å². The van der Waals surface area contributed by atoms with E-state index >= 15 is 0 Å². The highest BCUT2D eigenvalue weighted by atomic mass is 35.5. The van der Waals surface area contributed by atoms with Gasteiger partial charge in [0, 0.05) is 25.5 Å². The molecule has 3 rings (SSSR count). The third kappa shape index (κ3) is 3.08. The molecule has 0 saturated carbocycles. The first-order valence-corrected chi connectivity index (χ1v) is 8.00. The summed E-state index contributed by atoms with van der Waals surface area (Å²) in [4.78, 5) is 28.1. The van der Waals surface area contributed by atoms with Crippen LogP contribution in [0.15, 0.2) is 48.5 Å². The number of imide groups is 1. The number of nitrogens with one attached hydrogen (secondary N) is 1. The second-order valence-corrected chi connectivity index (χ2v) is 6.27. The van der Waals surface area contributed by atoms with Crippen molar-refractivity contribution >= 4 is 40.5 Å². The number of para-hydroxylation sites is 1. The summed E-state index contributed by atoms with van der Waals surface area (Å²) in [5.41, 5.74) is 2.29. The van der Waals surface area contributed by atoms with Crippen molar-refractivity contribution in [3.8, 4) is 0 Å². The number of hydrogen-bond donors (Lipinski definition) is 1. The molecule has 1 atom stereocenters. The van der Waals surface area contributed by atoms with Gasteiger partial charge in [-0.1, -0.05) is 23.7 Å². The second-order valence-electron chi connectivity index (χ2n) is 5.86. The predicted molar refractivity (Wildman–Crippen MR) is 96.7 cm³/mol. The van der Waals surface area contributed by atoms with Gasteiger partial charge in [0.15, 0.2) is 0 Å². The van der Waals surface area contributed by atoms with Crippen LogP contribution in [0.4, 0.5) is 17.1 Å². The summed E-state index contributed by atoms with van der Waals surface area (Å²) in [7, 11) is 3.92. The van der Waals surface area contributed by atoms with E-state index in [0.717, 1.165) is 16.3 Å². The molecule has 2 aromatic carbocycles. The first-order valence-electron chi connectivity index (χ1n) is 7.62. The summed E-state index contributed by atoms with van der Waals surface area (Å²) in [5, 5.41) is 3.52. The predicted octanol–water partition coefficient (Wildman–Crippen LogP) is 3.15. The molecule has 2 aromatic rings. The Balaban J connectivity index is 1.78. The van der Waals surface area contributed by atoms with Gasteiger partial charge in [0.05, 0.1) is 17.1 Å². The molecule has 0 radical (unpaired) electrons. The highest BCUT2D eigenvalue weighted by Crippen LogP contribution is 2.30. The molecule has 1 N–H and O–H groups in total. The largest absolute Gasteiger partial charge is 0.378 e. The van der Waals surface area contributed by atoms with Crippen molar-refractivity contribution in [3.63, 3.8) is 0 Å². The summed E-state index contributed by atoms with van der Waals surface area (Å²) < 4.78 is 0. The lowest BCUT2D eigenvalue weighted by molar-refractivity contribution is -0.121. The minimum absolute atomic E-state index is 0.111. The second kappa shape index (κ2) is 6.53. The van der Waals surface area contributed by atoms with Crippen LogP contribution in [-0.2, 0) is 9.59 Å². The lowest BCUT2D eigenvalue weighted by atomic mass is 10.2. The first-order chi connectivity index (χ1) is 11.5. The molecule has 2 amide bonds. The van der Waals surface area contributed by atoms with Crippen LogP contribution in [0.2, 0.25) is 5.02 Å². The van der Waals surface area contributed by atoms with E-state index in [2.05, 4.69) is 5.32 Å². The molecule has 5 nitrogen and oxygen atoms in total. The van der Waals surface area contributed by atoms with Crippen LogP contribution in [0.5, 0.6) is 0 Å². The molecule has 1 saturated heterocycles. The minimum atomic E-state index is -0.584. The van der Waals surface area contributed by atoms with Crippen molar-refractivity contribution in [1.82, 2.24) is 0 Å². The normalized spacial score (nSPS) is 17.3. The van der Waals surface area contributed by atoms with Gasteiger partial charge in [0.1, 0.15) is 6.04 Å². The first kappa shape index (κ1) is 16.3. The van der Waals surface area contributed by atoms with E-state index in [4.69, 9.17) is 11.6 Å². The zero-order valence-corrected chi connectivity index (χ0v) is 14.2.